The normalized spacial score (nSPS) is 27.0. The van der Waals surface area contributed by atoms with Crippen molar-refractivity contribution in [1.82, 2.24) is 4.90 Å². The summed E-state index contributed by atoms with van der Waals surface area (Å²) in [4.78, 5) is 49.5. The number of benzene rings is 3. The molecule has 0 saturated carbocycles. The minimum atomic E-state index is -1.42. The van der Waals surface area contributed by atoms with Crippen molar-refractivity contribution in [3.05, 3.63) is 114 Å². The molecule has 2 saturated heterocycles. The minimum absolute atomic E-state index is 0.245. The molecule has 0 aromatic heterocycles. The first-order chi connectivity index (χ1) is 23.3. The summed E-state index contributed by atoms with van der Waals surface area (Å²) in [6, 6.07) is 21.0. The molecule has 4 heterocycles. The van der Waals surface area contributed by atoms with Crippen molar-refractivity contribution in [2.24, 2.45) is 11.8 Å². The fourth-order valence-corrected chi connectivity index (χ4v) is 8.16. The number of anilines is 2. The Morgan fingerprint density at radius 2 is 1.58 bits per heavy atom. The van der Waals surface area contributed by atoms with Gasteiger partial charge in [0.15, 0.2) is 0 Å². The molecule has 3 amide bonds. The zero-order valence-corrected chi connectivity index (χ0v) is 27.5. The van der Waals surface area contributed by atoms with Gasteiger partial charge in [-0.15, -0.1) is 0 Å². The highest BCUT2D eigenvalue weighted by atomic mass is 16.5. The number of nitrogens with zero attached hydrogens (tertiary/aromatic N) is 3. The number of amides is 3. The van der Waals surface area contributed by atoms with Crippen LogP contribution in [0, 0.1) is 25.7 Å². The molecule has 48 heavy (non-hydrogen) atoms. The van der Waals surface area contributed by atoms with Gasteiger partial charge in [0.2, 0.25) is 11.8 Å². The highest BCUT2D eigenvalue weighted by Crippen LogP contribution is 2.54. The van der Waals surface area contributed by atoms with Crippen LogP contribution in [0.1, 0.15) is 23.6 Å². The topological polar surface area (TPSA) is 99.6 Å². The van der Waals surface area contributed by atoms with E-state index in [1.807, 2.05) is 118 Å². The average molecular weight is 648 g/mol. The van der Waals surface area contributed by atoms with Gasteiger partial charge in [-0.1, -0.05) is 72.8 Å². The Kier molecular flexibility index (Phi) is 8.43. The van der Waals surface area contributed by atoms with Gasteiger partial charge in [-0.3, -0.25) is 14.4 Å². The molecule has 4 aliphatic rings. The summed E-state index contributed by atoms with van der Waals surface area (Å²) in [6.45, 7) is 6.61. The molecule has 3 aromatic carbocycles. The lowest BCUT2D eigenvalue weighted by molar-refractivity contribution is -0.144. The van der Waals surface area contributed by atoms with Crippen molar-refractivity contribution in [3.63, 3.8) is 0 Å². The molecule has 3 aromatic rings. The number of carbonyl (C=O) groups is 3. The molecular formula is C39H41N3O6. The van der Waals surface area contributed by atoms with Crippen molar-refractivity contribution in [2.45, 2.75) is 51.0 Å². The van der Waals surface area contributed by atoms with Gasteiger partial charge in [-0.2, -0.15) is 0 Å². The number of rotatable bonds is 8. The quantitative estimate of drug-likeness (QED) is 0.364. The van der Waals surface area contributed by atoms with E-state index in [4.69, 9.17) is 9.47 Å². The molecule has 2 fully saturated rings. The molecule has 1 spiro atoms. The van der Waals surface area contributed by atoms with Crippen LogP contribution in [-0.4, -0.2) is 77.8 Å². The monoisotopic (exact) mass is 647 g/mol. The molecule has 9 heteroatoms. The lowest BCUT2D eigenvalue weighted by atomic mass is 9.77. The van der Waals surface area contributed by atoms with Gasteiger partial charge in [0.05, 0.1) is 37.2 Å². The third-order valence-electron chi connectivity index (χ3n) is 10.2. The van der Waals surface area contributed by atoms with Crippen molar-refractivity contribution < 1.29 is 29.0 Å². The summed E-state index contributed by atoms with van der Waals surface area (Å²) >= 11 is 0. The molecule has 248 valence electrons. The van der Waals surface area contributed by atoms with E-state index in [1.165, 1.54) is 4.90 Å². The average Bonchev–Trinajstić information content (AvgIpc) is 3.41. The summed E-state index contributed by atoms with van der Waals surface area (Å²) < 4.78 is 12.5. The lowest BCUT2D eigenvalue weighted by Gasteiger charge is -2.39. The molecular weight excluding hydrogens is 606 g/mol. The van der Waals surface area contributed by atoms with E-state index in [-0.39, 0.29) is 30.9 Å². The predicted molar refractivity (Wildman–Crippen MR) is 183 cm³/mol. The van der Waals surface area contributed by atoms with Gasteiger partial charge in [0, 0.05) is 24.5 Å². The van der Waals surface area contributed by atoms with E-state index in [9.17, 15) is 14.7 Å². The van der Waals surface area contributed by atoms with Crippen molar-refractivity contribution in [3.8, 4) is 5.75 Å². The Labute approximate surface area is 281 Å². The number of likely N-dealkylation sites (tertiary alicyclic amines) is 1. The Bertz CT molecular complexity index is 1750. The number of aliphatic hydroxyl groups is 1. The second kappa shape index (κ2) is 12.7. The van der Waals surface area contributed by atoms with Crippen molar-refractivity contribution in [1.29, 1.82) is 0 Å². The lowest BCUT2D eigenvalue weighted by Crippen LogP contribution is -2.58. The predicted octanol–water partition coefficient (Wildman–Crippen LogP) is 4.39. The summed E-state index contributed by atoms with van der Waals surface area (Å²) in [5, 5.41) is 10.9. The molecule has 1 N–H and O–H groups in total. The molecule has 1 unspecified atom stereocenters. The zero-order chi connectivity index (χ0) is 33.6. The number of hydrogen-bond acceptors (Lipinski definition) is 6. The van der Waals surface area contributed by atoms with Gasteiger partial charge >= 0.3 is 0 Å². The Morgan fingerprint density at radius 1 is 0.875 bits per heavy atom. The molecule has 6 atom stereocenters. The van der Waals surface area contributed by atoms with Crippen LogP contribution in [0.5, 0.6) is 5.75 Å². The number of aryl methyl sites for hydroxylation is 2. The van der Waals surface area contributed by atoms with E-state index in [0.717, 1.165) is 22.4 Å². The van der Waals surface area contributed by atoms with Gasteiger partial charge in [0.25, 0.3) is 5.91 Å². The third kappa shape index (κ3) is 5.13. The molecule has 0 aliphatic carbocycles. The second-order valence-electron chi connectivity index (χ2n) is 13.0. The van der Waals surface area contributed by atoms with Crippen LogP contribution in [0.2, 0.25) is 0 Å². The third-order valence-corrected chi connectivity index (χ3v) is 10.2. The number of carbonyl (C=O) groups excluding carboxylic acids is 3. The van der Waals surface area contributed by atoms with Crippen molar-refractivity contribution in [2.75, 3.05) is 36.1 Å². The van der Waals surface area contributed by atoms with Gasteiger partial charge in [0.1, 0.15) is 17.4 Å². The Morgan fingerprint density at radius 3 is 2.27 bits per heavy atom. The van der Waals surface area contributed by atoms with Crippen LogP contribution in [0.25, 0.3) is 0 Å². The van der Waals surface area contributed by atoms with Gasteiger partial charge in [-0.05, 0) is 68.1 Å². The first kappa shape index (κ1) is 31.8. The highest BCUT2D eigenvalue weighted by Gasteiger charge is 2.72. The van der Waals surface area contributed by atoms with E-state index >= 15 is 4.79 Å². The van der Waals surface area contributed by atoms with Gasteiger partial charge < -0.3 is 29.3 Å². The fraction of sp³-hybridized carbons (Fsp3) is 0.359. The Hall–Kier alpha value is -4.73. The molecule has 9 nitrogen and oxygen atoms in total. The maximum Gasteiger partial charge on any atom is 0.253 e. The van der Waals surface area contributed by atoms with Crippen LogP contribution in [0.3, 0.4) is 0 Å². The number of ether oxygens (including phenoxy) is 2. The zero-order valence-electron chi connectivity index (χ0n) is 27.5. The van der Waals surface area contributed by atoms with Crippen LogP contribution in [-0.2, 0) is 25.5 Å². The Balaban J connectivity index is 1.33. The first-order valence-electron chi connectivity index (χ1n) is 16.7. The minimum Gasteiger partial charge on any atom is -0.494 e. The van der Waals surface area contributed by atoms with E-state index in [2.05, 4.69) is 0 Å². The molecule has 0 bridgehead atoms. The largest absolute Gasteiger partial charge is 0.494 e. The smallest absolute Gasteiger partial charge is 0.253 e. The molecule has 7 rings (SSSR count). The summed E-state index contributed by atoms with van der Waals surface area (Å²) in [7, 11) is 0. The second-order valence-corrected chi connectivity index (χ2v) is 13.0. The van der Waals surface area contributed by atoms with Crippen LogP contribution in [0.4, 0.5) is 11.4 Å². The van der Waals surface area contributed by atoms with E-state index < -0.39 is 35.6 Å². The van der Waals surface area contributed by atoms with Crippen LogP contribution >= 0.6 is 0 Å². The standard InChI is InChI=1S/C39H41N3O6/c1-4-47-30-18-16-28(17-19-30)40-21-9-15-31-32(36(40)44)33-37(45)42(29(24-43)23-27-13-6-5-7-14-27)35-38(46)41(22-10-20-39(33,35)48-31)34-25(2)11-8-12-26(34)3/h5-20,29,31-33,35,43H,4,21-24H2,1-3H3/t29-,31-,32+,33+,35?,39+/m1/s1. The number of fused-ring (bicyclic) bond motifs is 2. The number of para-hydroxylation sites is 1. The number of hydrogen-bond donors (Lipinski definition) is 1. The highest BCUT2D eigenvalue weighted by molar-refractivity contribution is 6.08. The summed E-state index contributed by atoms with van der Waals surface area (Å²) in [5.74, 6) is -2.06. The van der Waals surface area contributed by atoms with Crippen molar-refractivity contribution >= 4 is 29.1 Å². The molecule has 0 radical (unpaired) electrons. The number of aliphatic hydroxyl groups excluding tert-OH is 1. The van der Waals surface area contributed by atoms with Crippen LogP contribution < -0.4 is 14.5 Å². The first-order valence-corrected chi connectivity index (χ1v) is 16.7. The SMILES string of the molecule is CCOc1ccc(N2CC=C[C@H]3O[C@]45C=CCN(c6c(C)cccc6C)C(=O)C4N([C@@H](CO)Cc4ccccc4)C(=O)[C@@H]5[C@H]3C2=O)cc1. The maximum atomic E-state index is 15.0. The summed E-state index contributed by atoms with van der Waals surface area (Å²) in [5.41, 5.74) is 2.84. The van der Waals surface area contributed by atoms with Gasteiger partial charge in [-0.25, -0.2) is 0 Å². The molecule has 4 aliphatic heterocycles. The van der Waals surface area contributed by atoms with Crippen LogP contribution in [0.15, 0.2) is 97.1 Å². The summed E-state index contributed by atoms with van der Waals surface area (Å²) in [6.07, 6.45) is 7.12. The maximum absolute atomic E-state index is 15.0. The fourth-order valence-electron chi connectivity index (χ4n) is 8.16. The van der Waals surface area contributed by atoms with E-state index in [1.54, 1.807) is 9.80 Å². The van der Waals surface area contributed by atoms with E-state index in [0.29, 0.717) is 31.0 Å².